The predicted molar refractivity (Wildman–Crippen MR) is 107 cm³/mol. The van der Waals surface area contributed by atoms with Crippen molar-refractivity contribution in [3.63, 3.8) is 0 Å². The highest BCUT2D eigenvalue weighted by Crippen LogP contribution is 2.26. The van der Waals surface area contributed by atoms with Crippen molar-refractivity contribution in [2.24, 2.45) is 0 Å². The molecule has 7 nitrogen and oxygen atoms in total. The van der Waals surface area contributed by atoms with E-state index in [1.807, 2.05) is 30.9 Å². The first-order valence-corrected chi connectivity index (χ1v) is 9.76. The van der Waals surface area contributed by atoms with E-state index in [-0.39, 0.29) is 18.4 Å². The van der Waals surface area contributed by atoms with Crippen molar-refractivity contribution >= 4 is 33.9 Å². The van der Waals surface area contributed by atoms with Crippen LogP contribution < -0.4 is 5.32 Å². The average molecular weight is 418 g/mol. The van der Waals surface area contributed by atoms with Crippen LogP contribution >= 0.6 is 22.9 Å². The lowest BCUT2D eigenvalue weighted by Crippen LogP contribution is -2.06. The number of aryl methyl sites for hydroxylation is 1. The zero-order valence-electron chi connectivity index (χ0n) is 15.2. The summed E-state index contributed by atoms with van der Waals surface area (Å²) in [7, 11) is 0. The molecule has 4 aromatic rings. The molecule has 0 unspecified atom stereocenters. The Morgan fingerprint density at radius 2 is 2.14 bits per heavy atom. The lowest BCUT2D eigenvalue weighted by molar-refractivity contribution is 0.557. The van der Waals surface area contributed by atoms with Crippen molar-refractivity contribution in [2.45, 2.75) is 26.4 Å². The fraction of sp³-hybridized carbons (Fsp3) is 0.222. The molecular weight excluding hydrogens is 401 g/mol. The van der Waals surface area contributed by atoms with Gasteiger partial charge in [-0.1, -0.05) is 29.0 Å². The minimum absolute atomic E-state index is 0.0116. The van der Waals surface area contributed by atoms with Crippen LogP contribution in [0.3, 0.4) is 0 Å². The van der Waals surface area contributed by atoms with Gasteiger partial charge >= 0.3 is 0 Å². The summed E-state index contributed by atoms with van der Waals surface area (Å²) in [6.45, 7) is 4.25. The zero-order valence-corrected chi connectivity index (χ0v) is 16.7. The molecule has 1 aromatic carbocycles. The number of rotatable bonds is 6. The van der Waals surface area contributed by atoms with Crippen molar-refractivity contribution in [3.8, 4) is 0 Å². The van der Waals surface area contributed by atoms with Gasteiger partial charge in [-0.05, 0) is 31.5 Å². The third-order valence-electron chi connectivity index (χ3n) is 4.18. The second kappa shape index (κ2) is 7.69. The van der Waals surface area contributed by atoms with E-state index >= 15 is 0 Å². The summed E-state index contributed by atoms with van der Waals surface area (Å²) in [6, 6.07) is 6.40. The van der Waals surface area contributed by atoms with E-state index in [4.69, 9.17) is 11.6 Å². The first kappa shape index (κ1) is 18.6. The highest BCUT2D eigenvalue weighted by Gasteiger charge is 2.15. The van der Waals surface area contributed by atoms with Crippen molar-refractivity contribution < 1.29 is 4.39 Å². The molecule has 10 heteroatoms. The zero-order chi connectivity index (χ0) is 19.7. The lowest BCUT2D eigenvalue weighted by Gasteiger charge is -2.07. The van der Waals surface area contributed by atoms with Crippen LogP contribution in [0.4, 0.5) is 15.3 Å². The van der Waals surface area contributed by atoms with Gasteiger partial charge in [0.2, 0.25) is 5.13 Å². The van der Waals surface area contributed by atoms with Crippen molar-refractivity contribution in [3.05, 3.63) is 69.8 Å². The number of anilines is 2. The van der Waals surface area contributed by atoms with Crippen LogP contribution in [0, 0.1) is 12.7 Å². The number of nitrogens with one attached hydrogen (secondary N) is 1. The van der Waals surface area contributed by atoms with Gasteiger partial charge in [0.25, 0.3) is 0 Å². The molecule has 4 rings (SSSR count). The third kappa shape index (κ3) is 3.90. The fourth-order valence-corrected chi connectivity index (χ4v) is 3.70. The molecule has 0 fully saturated rings. The number of nitrogens with zero attached hydrogens (tertiary/aromatic N) is 6. The Kier molecular flexibility index (Phi) is 5.10. The summed E-state index contributed by atoms with van der Waals surface area (Å²) >= 11 is 7.51. The number of hydrogen-bond acceptors (Lipinski definition) is 6. The van der Waals surface area contributed by atoms with Crippen molar-refractivity contribution in [2.75, 3.05) is 5.32 Å². The molecular formula is C18H17ClFN7S. The molecule has 1 N–H and O–H groups in total. The molecule has 3 heterocycles. The molecule has 0 spiro atoms. The van der Waals surface area contributed by atoms with E-state index in [9.17, 15) is 4.39 Å². The molecule has 0 aliphatic rings. The molecule has 28 heavy (non-hydrogen) atoms. The van der Waals surface area contributed by atoms with Gasteiger partial charge in [0.1, 0.15) is 16.9 Å². The summed E-state index contributed by atoms with van der Waals surface area (Å²) in [6.07, 6.45) is 5.53. The Morgan fingerprint density at radius 1 is 1.29 bits per heavy atom. The topological polar surface area (TPSA) is 73.5 Å². The highest BCUT2D eigenvalue weighted by molar-refractivity contribution is 7.15. The summed E-state index contributed by atoms with van der Waals surface area (Å²) < 4.78 is 17.4. The molecule has 0 aliphatic carbocycles. The largest absolute Gasteiger partial charge is 0.313 e. The number of aromatic nitrogens is 6. The Balaban J connectivity index is 1.45. The number of halogens is 2. The molecule has 0 saturated carbocycles. The summed E-state index contributed by atoms with van der Waals surface area (Å²) in [5, 5.41) is 22.1. The summed E-state index contributed by atoms with van der Waals surface area (Å²) in [5.74, 6) is 0.242. The van der Waals surface area contributed by atoms with Gasteiger partial charge in [0.15, 0.2) is 5.82 Å². The lowest BCUT2D eigenvalue weighted by atomic mass is 10.2. The highest BCUT2D eigenvalue weighted by atomic mass is 35.5. The van der Waals surface area contributed by atoms with Gasteiger partial charge in [-0.3, -0.25) is 9.36 Å². The predicted octanol–water partition coefficient (Wildman–Crippen LogP) is 4.43. The first-order chi connectivity index (χ1) is 13.5. The maximum absolute atomic E-state index is 13.9. The molecule has 0 radical (unpaired) electrons. The van der Waals surface area contributed by atoms with E-state index in [1.165, 1.54) is 17.4 Å². The van der Waals surface area contributed by atoms with Crippen LogP contribution in [0.5, 0.6) is 0 Å². The second-order valence-corrected chi connectivity index (χ2v) is 7.76. The molecule has 0 aliphatic heterocycles. The van der Waals surface area contributed by atoms with Gasteiger partial charge in [0, 0.05) is 29.0 Å². The molecule has 0 bridgehead atoms. The Morgan fingerprint density at radius 3 is 2.89 bits per heavy atom. The monoisotopic (exact) mass is 417 g/mol. The molecule has 1 atom stereocenters. The van der Waals surface area contributed by atoms with Crippen molar-refractivity contribution in [1.82, 2.24) is 29.8 Å². The van der Waals surface area contributed by atoms with Gasteiger partial charge in [0.05, 0.1) is 12.7 Å². The Labute approximate surface area is 169 Å². The van der Waals surface area contributed by atoms with E-state index in [0.717, 1.165) is 10.6 Å². The van der Waals surface area contributed by atoms with Gasteiger partial charge < -0.3 is 5.32 Å². The SMILES string of the molecule is Cc1cnn([C@@H](C)c2nnc(Nc3ccn(Cc4c(F)cccc4Cl)n3)s2)c1. The molecule has 3 aromatic heterocycles. The maximum atomic E-state index is 13.9. The van der Waals surface area contributed by atoms with E-state index < -0.39 is 0 Å². The van der Waals surface area contributed by atoms with Crippen LogP contribution in [-0.2, 0) is 6.54 Å². The van der Waals surface area contributed by atoms with Crippen LogP contribution in [0.1, 0.15) is 29.1 Å². The number of benzene rings is 1. The Bertz CT molecular complexity index is 1080. The number of hydrogen-bond donors (Lipinski definition) is 1. The molecule has 0 saturated heterocycles. The van der Waals surface area contributed by atoms with Crippen LogP contribution in [0.25, 0.3) is 0 Å². The van der Waals surface area contributed by atoms with E-state index in [2.05, 4.69) is 25.7 Å². The minimum Gasteiger partial charge on any atom is -0.313 e. The quantitative estimate of drug-likeness (QED) is 0.502. The minimum atomic E-state index is -0.353. The average Bonchev–Trinajstić information content (AvgIpc) is 3.40. The smallest absolute Gasteiger partial charge is 0.211 e. The third-order valence-corrected chi connectivity index (χ3v) is 5.55. The molecule has 0 amide bonds. The van der Waals surface area contributed by atoms with Crippen LogP contribution in [0.15, 0.2) is 42.9 Å². The van der Waals surface area contributed by atoms with E-state index in [0.29, 0.717) is 21.5 Å². The molecule has 144 valence electrons. The first-order valence-electron chi connectivity index (χ1n) is 8.57. The van der Waals surface area contributed by atoms with Crippen LogP contribution in [-0.4, -0.2) is 29.8 Å². The summed E-state index contributed by atoms with van der Waals surface area (Å²) in [4.78, 5) is 0. The van der Waals surface area contributed by atoms with Crippen molar-refractivity contribution in [1.29, 1.82) is 0 Å². The van der Waals surface area contributed by atoms with E-state index in [1.54, 1.807) is 29.1 Å². The van der Waals surface area contributed by atoms with Gasteiger partial charge in [-0.15, -0.1) is 10.2 Å². The standard InChI is InChI=1S/C18H17ClFN7S/c1-11-8-21-27(9-11)12(2)17-23-24-18(28-17)22-16-6-7-26(25-16)10-13-14(19)4-3-5-15(13)20/h3-9,12H,10H2,1-2H3,(H,22,24,25)/t12-/m0/s1. The normalized spacial score (nSPS) is 12.3. The fourth-order valence-electron chi connectivity index (χ4n) is 2.68. The Hall–Kier alpha value is -2.78. The summed E-state index contributed by atoms with van der Waals surface area (Å²) in [5.41, 5.74) is 1.50. The van der Waals surface area contributed by atoms with Crippen LogP contribution in [0.2, 0.25) is 5.02 Å². The maximum Gasteiger partial charge on any atom is 0.211 e. The second-order valence-electron chi connectivity index (χ2n) is 6.34. The van der Waals surface area contributed by atoms with Gasteiger partial charge in [-0.2, -0.15) is 10.2 Å². The van der Waals surface area contributed by atoms with Gasteiger partial charge in [-0.25, -0.2) is 4.39 Å².